The van der Waals surface area contributed by atoms with E-state index in [9.17, 15) is 9.59 Å². The van der Waals surface area contributed by atoms with Gasteiger partial charge in [-0.2, -0.15) is 0 Å². The summed E-state index contributed by atoms with van der Waals surface area (Å²) in [5.41, 5.74) is 3.78. The van der Waals surface area contributed by atoms with E-state index in [1.807, 2.05) is 47.4 Å². The Bertz CT molecular complexity index is 945. The highest BCUT2D eigenvalue weighted by atomic mass is 16.2. The molecular weight excluding hydrogens is 436 g/mol. The van der Waals surface area contributed by atoms with Crippen LogP contribution in [0.5, 0.6) is 0 Å². The van der Waals surface area contributed by atoms with Crippen LogP contribution in [0.2, 0.25) is 0 Å². The van der Waals surface area contributed by atoms with Crippen LogP contribution >= 0.6 is 0 Å². The van der Waals surface area contributed by atoms with E-state index >= 15 is 0 Å². The summed E-state index contributed by atoms with van der Waals surface area (Å²) in [6.07, 6.45) is 0.871. The van der Waals surface area contributed by atoms with Crippen molar-refractivity contribution in [3.05, 3.63) is 70.8 Å². The molecule has 0 aliphatic carbocycles. The van der Waals surface area contributed by atoms with Crippen molar-refractivity contribution in [1.29, 1.82) is 0 Å². The molecule has 1 amide bonds. The molecule has 2 aromatic carbocycles. The molecule has 2 aromatic rings. The minimum Gasteiger partial charge on any atom is -0.331 e. The highest BCUT2D eigenvalue weighted by Crippen LogP contribution is 2.21. The molecule has 1 heterocycles. The monoisotopic (exact) mass is 478 g/mol. The van der Waals surface area contributed by atoms with E-state index in [1.54, 1.807) is 0 Å². The third kappa shape index (κ3) is 7.47. The maximum Gasteiger partial charge on any atom is 0.254 e. The summed E-state index contributed by atoms with van der Waals surface area (Å²) in [5, 5.41) is 3.60. The molecule has 1 saturated heterocycles. The first-order chi connectivity index (χ1) is 16.8. The molecule has 3 unspecified atom stereocenters. The number of benzene rings is 2. The maximum absolute atomic E-state index is 13.5. The van der Waals surface area contributed by atoms with Crippen LogP contribution in [0.4, 0.5) is 0 Å². The Morgan fingerprint density at radius 2 is 1.71 bits per heavy atom. The number of nitrogens with zero attached hydrogens (tertiary/aromatic N) is 3. The second kappa shape index (κ2) is 13.0. The largest absolute Gasteiger partial charge is 0.331 e. The standard InChI is InChI=1S/C29H42N4O2/c1-6-31(7-2)17-22(3)30-16-27-9-8-10-28(15-27)29(35)33-23(4)18-32(19-24(33)5)20-25-11-13-26(21-34)14-12-25/h8-15,21-24,30H,6-7,16-20H2,1-5H3. The number of likely N-dealkylation sites (N-methyl/N-ethyl adjacent to an activating group) is 1. The van der Waals surface area contributed by atoms with Crippen LogP contribution < -0.4 is 5.32 Å². The van der Waals surface area contributed by atoms with E-state index in [1.165, 1.54) is 5.56 Å². The van der Waals surface area contributed by atoms with Crippen molar-refractivity contribution in [3.63, 3.8) is 0 Å². The predicted molar refractivity (Wildman–Crippen MR) is 143 cm³/mol. The van der Waals surface area contributed by atoms with Gasteiger partial charge in [-0.15, -0.1) is 0 Å². The number of nitrogens with one attached hydrogen (secondary N) is 1. The van der Waals surface area contributed by atoms with E-state index in [4.69, 9.17) is 0 Å². The second-order valence-electron chi connectivity index (χ2n) is 9.93. The molecular formula is C29H42N4O2. The Balaban J connectivity index is 1.59. The van der Waals surface area contributed by atoms with Crippen LogP contribution in [-0.2, 0) is 13.1 Å². The van der Waals surface area contributed by atoms with Gasteiger partial charge in [-0.25, -0.2) is 0 Å². The van der Waals surface area contributed by atoms with Gasteiger partial charge in [-0.05, 0) is 57.1 Å². The molecule has 190 valence electrons. The third-order valence-electron chi connectivity index (χ3n) is 7.01. The molecule has 1 fully saturated rings. The molecule has 3 rings (SSSR count). The minimum atomic E-state index is 0.109. The maximum atomic E-state index is 13.5. The van der Waals surface area contributed by atoms with Gasteiger partial charge in [0.05, 0.1) is 0 Å². The van der Waals surface area contributed by atoms with E-state index < -0.39 is 0 Å². The highest BCUT2D eigenvalue weighted by molar-refractivity contribution is 5.95. The average molecular weight is 479 g/mol. The Labute approximate surface area is 211 Å². The molecule has 0 spiro atoms. The highest BCUT2D eigenvalue weighted by Gasteiger charge is 2.33. The lowest BCUT2D eigenvalue weighted by Crippen LogP contribution is -2.58. The van der Waals surface area contributed by atoms with Crippen molar-refractivity contribution in [3.8, 4) is 0 Å². The van der Waals surface area contributed by atoms with Gasteiger partial charge in [0.15, 0.2) is 0 Å². The Morgan fingerprint density at radius 3 is 2.31 bits per heavy atom. The number of aldehydes is 1. The van der Waals surface area contributed by atoms with Gasteiger partial charge >= 0.3 is 0 Å². The summed E-state index contributed by atoms with van der Waals surface area (Å²) in [6.45, 7) is 17.2. The van der Waals surface area contributed by atoms with Gasteiger partial charge in [-0.1, -0.05) is 50.2 Å². The quantitative estimate of drug-likeness (QED) is 0.494. The lowest BCUT2D eigenvalue weighted by molar-refractivity contribution is 0.0268. The van der Waals surface area contributed by atoms with Gasteiger partial charge in [0.25, 0.3) is 5.91 Å². The van der Waals surface area contributed by atoms with Crippen molar-refractivity contribution < 1.29 is 9.59 Å². The number of piperazine rings is 1. The lowest BCUT2D eigenvalue weighted by atomic mass is 10.0. The molecule has 35 heavy (non-hydrogen) atoms. The summed E-state index contributed by atoms with van der Waals surface area (Å²) < 4.78 is 0. The van der Waals surface area contributed by atoms with E-state index in [0.29, 0.717) is 11.6 Å². The first-order valence-corrected chi connectivity index (χ1v) is 13.0. The molecule has 3 atom stereocenters. The summed E-state index contributed by atoms with van der Waals surface area (Å²) in [5.74, 6) is 0.109. The predicted octanol–water partition coefficient (Wildman–Crippen LogP) is 4.05. The molecule has 1 N–H and O–H groups in total. The number of hydrogen-bond acceptors (Lipinski definition) is 5. The number of carbonyl (C=O) groups excluding carboxylic acids is 2. The van der Waals surface area contributed by atoms with Gasteiger partial charge in [0.2, 0.25) is 0 Å². The summed E-state index contributed by atoms with van der Waals surface area (Å²) in [4.78, 5) is 31.3. The van der Waals surface area contributed by atoms with Crippen molar-refractivity contribution in [2.45, 2.75) is 65.8 Å². The summed E-state index contributed by atoms with van der Waals surface area (Å²) >= 11 is 0. The van der Waals surface area contributed by atoms with E-state index in [0.717, 1.165) is 63.2 Å². The summed E-state index contributed by atoms with van der Waals surface area (Å²) in [6, 6.07) is 16.4. The van der Waals surface area contributed by atoms with Crippen LogP contribution in [0.15, 0.2) is 48.5 Å². The molecule has 0 saturated carbocycles. The second-order valence-corrected chi connectivity index (χ2v) is 9.93. The topological polar surface area (TPSA) is 55.9 Å². The molecule has 1 aliphatic heterocycles. The first-order valence-electron chi connectivity index (χ1n) is 13.0. The fraction of sp³-hybridized carbons (Fsp3) is 0.517. The number of rotatable bonds is 11. The van der Waals surface area contributed by atoms with Crippen LogP contribution in [0.25, 0.3) is 0 Å². The number of carbonyl (C=O) groups is 2. The molecule has 6 nitrogen and oxygen atoms in total. The van der Waals surface area contributed by atoms with Crippen LogP contribution in [-0.4, -0.2) is 77.7 Å². The fourth-order valence-electron chi connectivity index (χ4n) is 5.11. The normalized spacial score (nSPS) is 19.7. The average Bonchev–Trinajstić information content (AvgIpc) is 2.86. The molecule has 1 aliphatic rings. The first kappa shape index (κ1) is 27.1. The van der Waals surface area contributed by atoms with E-state index in [-0.39, 0.29) is 18.0 Å². The fourth-order valence-corrected chi connectivity index (χ4v) is 5.11. The van der Waals surface area contributed by atoms with Gasteiger partial charge < -0.3 is 15.1 Å². The summed E-state index contributed by atoms with van der Waals surface area (Å²) in [7, 11) is 0. The number of amides is 1. The lowest BCUT2D eigenvalue weighted by Gasteiger charge is -2.44. The zero-order chi connectivity index (χ0) is 25.4. The molecule has 0 aromatic heterocycles. The Morgan fingerprint density at radius 1 is 1.06 bits per heavy atom. The van der Waals surface area contributed by atoms with Gasteiger partial charge in [0, 0.05) is 62.0 Å². The van der Waals surface area contributed by atoms with Crippen molar-refractivity contribution in [2.75, 3.05) is 32.7 Å². The SMILES string of the molecule is CCN(CC)CC(C)NCc1cccc(C(=O)N2C(C)CN(Cc3ccc(C=O)cc3)CC2C)c1. The van der Waals surface area contributed by atoms with Gasteiger partial charge in [0.1, 0.15) is 6.29 Å². The minimum absolute atomic E-state index is 0.109. The smallest absolute Gasteiger partial charge is 0.254 e. The zero-order valence-corrected chi connectivity index (χ0v) is 22.0. The van der Waals surface area contributed by atoms with Crippen molar-refractivity contribution >= 4 is 12.2 Å². The molecule has 0 bridgehead atoms. The Kier molecular flexibility index (Phi) is 10.0. The molecule has 6 heteroatoms. The van der Waals surface area contributed by atoms with Gasteiger partial charge in [-0.3, -0.25) is 14.5 Å². The third-order valence-corrected chi connectivity index (χ3v) is 7.01. The van der Waals surface area contributed by atoms with Crippen LogP contribution in [0.3, 0.4) is 0 Å². The van der Waals surface area contributed by atoms with E-state index in [2.05, 4.69) is 55.8 Å². The number of hydrogen-bond donors (Lipinski definition) is 1. The van der Waals surface area contributed by atoms with Crippen molar-refractivity contribution in [1.82, 2.24) is 20.0 Å². The van der Waals surface area contributed by atoms with Crippen LogP contribution in [0, 0.1) is 0 Å². The van der Waals surface area contributed by atoms with Crippen LogP contribution in [0.1, 0.15) is 66.5 Å². The van der Waals surface area contributed by atoms with Crippen molar-refractivity contribution in [2.24, 2.45) is 0 Å². The molecule has 0 radical (unpaired) electrons. The zero-order valence-electron chi connectivity index (χ0n) is 22.0. The Hall–Kier alpha value is -2.54.